The Morgan fingerprint density at radius 2 is 1.65 bits per heavy atom. The van der Waals surface area contributed by atoms with Gasteiger partial charge in [0.25, 0.3) is 0 Å². The maximum atomic E-state index is 9.67. The third kappa shape index (κ3) is 2.62. The van der Waals surface area contributed by atoms with Gasteiger partial charge < -0.3 is 30.4 Å². The molecule has 134 valence electrons. The van der Waals surface area contributed by atoms with Gasteiger partial charge in [0.15, 0.2) is 11.5 Å². The second kappa shape index (κ2) is 6.76. The van der Waals surface area contributed by atoms with E-state index in [0.717, 1.165) is 5.56 Å². The Hall–Kier alpha value is -3.53. The topological polar surface area (TPSA) is 113 Å². The largest absolute Gasteiger partial charge is 0.493 e. The molecule has 0 aromatic heterocycles. The molecule has 0 spiro atoms. The van der Waals surface area contributed by atoms with E-state index in [9.17, 15) is 5.26 Å². The first-order valence-electron chi connectivity index (χ1n) is 7.81. The summed E-state index contributed by atoms with van der Waals surface area (Å²) >= 11 is 0. The van der Waals surface area contributed by atoms with Crippen molar-refractivity contribution < 1.29 is 18.9 Å². The molecule has 4 N–H and O–H groups in total. The van der Waals surface area contributed by atoms with E-state index in [2.05, 4.69) is 6.07 Å². The van der Waals surface area contributed by atoms with Crippen molar-refractivity contribution in [3.8, 4) is 29.1 Å². The summed E-state index contributed by atoms with van der Waals surface area (Å²) in [5, 5.41) is 9.67. The quantitative estimate of drug-likeness (QED) is 0.812. The van der Waals surface area contributed by atoms with Crippen LogP contribution in [0.3, 0.4) is 0 Å². The van der Waals surface area contributed by atoms with Crippen LogP contribution in [0.5, 0.6) is 23.0 Å². The van der Waals surface area contributed by atoms with E-state index in [4.69, 9.17) is 30.4 Å². The molecule has 7 heteroatoms. The zero-order valence-corrected chi connectivity index (χ0v) is 14.7. The van der Waals surface area contributed by atoms with E-state index in [-0.39, 0.29) is 11.5 Å². The summed E-state index contributed by atoms with van der Waals surface area (Å²) in [5.74, 6) is 1.47. The van der Waals surface area contributed by atoms with Crippen molar-refractivity contribution in [1.82, 2.24) is 0 Å². The van der Waals surface area contributed by atoms with Gasteiger partial charge in [0.1, 0.15) is 17.4 Å². The molecule has 0 bridgehead atoms. The standard InChI is InChI=1S/C19H19N3O4/c1-23-14-7-6-12(17(24-2)18(14)25-3)16-11-5-4-10(21)8-15(11)26-19(22)13(16)9-20/h4-8,16H,21-22H2,1-3H3. The SMILES string of the molecule is COc1ccc(C2C(C#N)=C(N)Oc3cc(N)ccc32)c(OC)c1OC. The van der Waals surface area contributed by atoms with Gasteiger partial charge in [0, 0.05) is 22.9 Å². The smallest absolute Gasteiger partial charge is 0.205 e. The van der Waals surface area contributed by atoms with E-state index in [1.807, 2.05) is 12.1 Å². The lowest BCUT2D eigenvalue weighted by atomic mass is 9.82. The van der Waals surface area contributed by atoms with E-state index in [1.54, 1.807) is 25.3 Å². The normalized spacial score (nSPS) is 15.5. The van der Waals surface area contributed by atoms with Crippen LogP contribution in [-0.2, 0) is 0 Å². The zero-order valence-electron chi connectivity index (χ0n) is 14.7. The number of ether oxygens (including phenoxy) is 4. The minimum atomic E-state index is -0.487. The highest BCUT2D eigenvalue weighted by Crippen LogP contribution is 2.49. The Bertz CT molecular complexity index is 931. The number of nitrogen functional groups attached to an aromatic ring is 1. The third-order valence-corrected chi connectivity index (χ3v) is 4.29. The molecule has 26 heavy (non-hydrogen) atoms. The van der Waals surface area contributed by atoms with Crippen LogP contribution >= 0.6 is 0 Å². The molecule has 1 atom stereocenters. The monoisotopic (exact) mass is 353 g/mol. The van der Waals surface area contributed by atoms with Crippen molar-refractivity contribution in [1.29, 1.82) is 5.26 Å². The van der Waals surface area contributed by atoms with Gasteiger partial charge in [-0.3, -0.25) is 0 Å². The molecule has 1 aliphatic heterocycles. The number of anilines is 1. The van der Waals surface area contributed by atoms with E-state index < -0.39 is 5.92 Å². The van der Waals surface area contributed by atoms with Gasteiger partial charge in [0.2, 0.25) is 11.6 Å². The Morgan fingerprint density at radius 3 is 2.27 bits per heavy atom. The fraction of sp³-hybridized carbons (Fsp3) is 0.211. The van der Waals surface area contributed by atoms with Gasteiger partial charge in [-0.1, -0.05) is 12.1 Å². The molecule has 0 saturated carbocycles. The molecule has 1 unspecified atom stereocenters. The second-order valence-electron chi connectivity index (χ2n) is 5.65. The minimum Gasteiger partial charge on any atom is -0.493 e. The zero-order chi connectivity index (χ0) is 18.8. The number of fused-ring (bicyclic) bond motifs is 1. The van der Waals surface area contributed by atoms with Crippen molar-refractivity contribution in [3.63, 3.8) is 0 Å². The first-order chi connectivity index (χ1) is 12.5. The molecule has 0 amide bonds. The Labute approximate surface area is 151 Å². The van der Waals surface area contributed by atoms with Crippen LogP contribution in [-0.4, -0.2) is 21.3 Å². The average molecular weight is 353 g/mol. The van der Waals surface area contributed by atoms with Crippen LogP contribution in [0, 0.1) is 11.3 Å². The van der Waals surface area contributed by atoms with Crippen LogP contribution < -0.4 is 30.4 Å². The molecule has 0 fully saturated rings. The van der Waals surface area contributed by atoms with Crippen molar-refractivity contribution in [3.05, 3.63) is 52.9 Å². The van der Waals surface area contributed by atoms with Gasteiger partial charge in [-0.15, -0.1) is 0 Å². The highest BCUT2D eigenvalue weighted by Gasteiger charge is 2.34. The summed E-state index contributed by atoms with van der Waals surface area (Å²) in [6, 6.07) is 11.0. The molecular formula is C19H19N3O4. The van der Waals surface area contributed by atoms with Gasteiger partial charge in [-0.25, -0.2) is 0 Å². The molecule has 0 saturated heterocycles. The maximum absolute atomic E-state index is 9.67. The first kappa shape index (κ1) is 17.3. The summed E-state index contributed by atoms with van der Waals surface area (Å²) in [7, 11) is 4.60. The lowest BCUT2D eigenvalue weighted by Crippen LogP contribution is -2.21. The highest BCUT2D eigenvalue weighted by atomic mass is 16.5. The van der Waals surface area contributed by atoms with Gasteiger partial charge in [0.05, 0.1) is 27.2 Å². The van der Waals surface area contributed by atoms with E-state index in [0.29, 0.717) is 34.2 Å². The van der Waals surface area contributed by atoms with Crippen LogP contribution in [0.2, 0.25) is 0 Å². The van der Waals surface area contributed by atoms with E-state index in [1.165, 1.54) is 14.2 Å². The Kier molecular flexibility index (Phi) is 4.50. The van der Waals surface area contributed by atoms with Crippen molar-refractivity contribution in [2.24, 2.45) is 5.73 Å². The summed E-state index contributed by atoms with van der Waals surface area (Å²) in [6.07, 6.45) is 0. The average Bonchev–Trinajstić information content (AvgIpc) is 2.65. The van der Waals surface area contributed by atoms with E-state index >= 15 is 0 Å². The maximum Gasteiger partial charge on any atom is 0.205 e. The van der Waals surface area contributed by atoms with Crippen molar-refractivity contribution in [2.45, 2.75) is 5.92 Å². The van der Waals surface area contributed by atoms with Crippen LogP contribution in [0.15, 0.2) is 41.8 Å². The summed E-state index contributed by atoms with van der Waals surface area (Å²) in [5.41, 5.74) is 14.1. The number of nitriles is 1. The number of hydrogen-bond acceptors (Lipinski definition) is 7. The van der Waals surface area contributed by atoms with Crippen molar-refractivity contribution >= 4 is 5.69 Å². The number of allylic oxidation sites excluding steroid dienone is 1. The summed E-state index contributed by atoms with van der Waals surface area (Å²) in [6.45, 7) is 0. The number of rotatable bonds is 4. The highest BCUT2D eigenvalue weighted by molar-refractivity contribution is 5.65. The lowest BCUT2D eigenvalue weighted by molar-refractivity contribution is 0.321. The molecule has 0 radical (unpaired) electrons. The second-order valence-corrected chi connectivity index (χ2v) is 5.65. The van der Waals surface area contributed by atoms with Gasteiger partial charge >= 0.3 is 0 Å². The predicted octanol–water partition coefficient (Wildman–Crippen LogP) is 2.51. The fourth-order valence-corrected chi connectivity index (χ4v) is 3.14. The number of nitrogens with two attached hydrogens (primary N) is 2. The van der Waals surface area contributed by atoms with Crippen LogP contribution in [0.25, 0.3) is 0 Å². The van der Waals surface area contributed by atoms with Crippen molar-refractivity contribution in [2.75, 3.05) is 27.1 Å². The predicted molar refractivity (Wildman–Crippen MR) is 96.2 cm³/mol. The molecule has 0 aliphatic carbocycles. The number of hydrogen-bond donors (Lipinski definition) is 2. The van der Waals surface area contributed by atoms with Gasteiger partial charge in [-0.2, -0.15) is 5.26 Å². The first-order valence-corrected chi connectivity index (χ1v) is 7.81. The molecule has 3 rings (SSSR count). The van der Waals surface area contributed by atoms with Crippen LogP contribution in [0.4, 0.5) is 5.69 Å². The minimum absolute atomic E-state index is 0.0347. The lowest BCUT2D eigenvalue weighted by Gasteiger charge is -2.28. The third-order valence-electron chi connectivity index (χ3n) is 4.29. The molecule has 7 nitrogen and oxygen atoms in total. The number of nitrogens with zero attached hydrogens (tertiary/aromatic N) is 1. The number of methoxy groups -OCH3 is 3. The van der Waals surface area contributed by atoms with Crippen LogP contribution in [0.1, 0.15) is 17.0 Å². The number of benzene rings is 2. The summed E-state index contributed by atoms with van der Waals surface area (Å²) in [4.78, 5) is 0. The fourth-order valence-electron chi connectivity index (χ4n) is 3.14. The molecule has 2 aromatic rings. The Morgan fingerprint density at radius 1 is 0.962 bits per heavy atom. The summed E-state index contributed by atoms with van der Waals surface area (Å²) < 4.78 is 22.0. The van der Waals surface area contributed by atoms with Gasteiger partial charge in [-0.05, 0) is 12.1 Å². The molecule has 2 aromatic carbocycles. The molecular weight excluding hydrogens is 334 g/mol. The Balaban J connectivity index is 2.30. The molecule has 1 aliphatic rings. The molecule has 1 heterocycles.